The number of ether oxygens (including phenoxy) is 2. The molecule has 0 bridgehead atoms. The highest BCUT2D eigenvalue weighted by molar-refractivity contribution is 5.90. The predicted octanol–water partition coefficient (Wildman–Crippen LogP) is 2.46. The molecule has 1 aromatic rings. The van der Waals surface area contributed by atoms with Crippen molar-refractivity contribution in [3.8, 4) is 11.5 Å². The molecule has 8 nitrogen and oxygen atoms in total. The lowest BCUT2D eigenvalue weighted by molar-refractivity contribution is -0.286. The molecular weight excluding hydrogens is 376 g/mol. The van der Waals surface area contributed by atoms with Crippen LogP contribution in [0.3, 0.4) is 0 Å². The first kappa shape index (κ1) is 18.7. The van der Waals surface area contributed by atoms with Gasteiger partial charge in [-0.1, -0.05) is 0 Å². The lowest BCUT2D eigenvalue weighted by Gasteiger charge is -2.42. The van der Waals surface area contributed by atoms with E-state index in [-0.39, 0.29) is 30.1 Å². The third-order valence-corrected chi connectivity index (χ3v) is 5.15. The van der Waals surface area contributed by atoms with Gasteiger partial charge in [0.25, 0.3) is 0 Å². The standard InChI is InChI=1S/C18H21F2N3O5/c19-18(20)27-14-4-3-11(7-15(14)28-18)21-17(26)22-12-5-13(6-12)23(9-16(24)25)8-10-1-2-10/h3-4,7,10,12-13H,1-2,5-6,8-9H2,(H,24,25)(H2,21,22,26). The summed E-state index contributed by atoms with van der Waals surface area (Å²) in [5.41, 5.74) is 0.301. The van der Waals surface area contributed by atoms with Crippen molar-refractivity contribution in [1.82, 2.24) is 10.2 Å². The molecule has 0 radical (unpaired) electrons. The number of aliphatic carboxylic acids is 1. The molecule has 4 rings (SSSR count). The molecule has 2 saturated carbocycles. The molecule has 2 amide bonds. The van der Waals surface area contributed by atoms with E-state index in [0.29, 0.717) is 24.4 Å². The number of carbonyl (C=O) groups excluding carboxylic acids is 1. The number of nitrogens with zero attached hydrogens (tertiary/aromatic N) is 1. The fourth-order valence-corrected chi connectivity index (χ4v) is 3.53. The minimum atomic E-state index is -3.70. The summed E-state index contributed by atoms with van der Waals surface area (Å²) >= 11 is 0. The van der Waals surface area contributed by atoms with Crippen LogP contribution in [0.1, 0.15) is 25.7 Å². The zero-order chi connectivity index (χ0) is 19.9. The minimum absolute atomic E-state index is 0.0158. The molecule has 0 spiro atoms. The Labute approximate surface area is 159 Å². The number of halogens is 2. The van der Waals surface area contributed by atoms with E-state index in [2.05, 4.69) is 20.1 Å². The fraction of sp³-hybridized carbons (Fsp3) is 0.556. The third-order valence-electron chi connectivity index (χ3n) is 5.15. The first-order valence-corrected chi connectivity index (χ1v) is 9.20. The quantitative estimate of drug-likeness (QED) is 0.654. The molecule has 1 aliphatic heterocycles. The van der Waals surface area contributed by atoms with Gasteiger partial charge in [-0.05, 0) is 43.7 Å². The van der Waals surface area contributed by atoms with Crippen molar-refractivity contribution in [2.45, 2.75) is 44.1 Å². The van der Waals surface area contributed by atoms with E-state index in [9.17, 15) is 18.4 Å². The maximum absolute atomic E-state index is 13.0. The van der Waals surface area contributed by atoms with E-state index in [1.165, 1.54) is 18.2 Å². The Bertz CT molecular complexity index is 780. The largest absolute Gasteiger partial charge is 0.586 e. The van der Waals surface area contributed by atoms with Gasteiger partial charge in [-0.2, -0.15) is 0 Å². The number of rotatable bonds is 7. The molecule has 10 heteroatoms. The van der Waals surface area contributed by atoms with Gasteiger partial charge in [0.1, 0.15) is 0 Å². The van der Waals surface area contributed by atoms with Crippen molar-refractivity contribution in [2.75, 3.05) is 18.4 Å². The van der Waals surface area contributed by atoms with E-state index in [4.69, 9.17) is 5.11 Å². The molecule has 0 aromatic heterocycles. The van der Waals surface area contributed by atoms with Gasteiger partial charge >= 0.3 is 18.3 Å². The predicted molar refractivity (Wildman–Crippen MR) is 93.5 cm³/mol. The molecule has 2 aliphatic carbocycles. The molecule has 1 aromatic carbocycles. The number of hydrogen-bond donors (Lipinski definition) is 3. The van der Waals surface area contributed by atoms with Crippen LogP contribution in [0.25, 0.3) is 0 Å². The number of amides is 2. The lowest BCUT2D eigenvalue weighted by atomic mass is 9.85. The second kappa shape index (κ2) is 7.08. The second-order valence-corrected chi connectivity index (χ2v) is 7.52. The van der Waals surface area contributed by atoms with Crippen molar-refractivity contribution in [3.05, 3.63) is 18.2 Å². The van der Waals surface area contributed by atoms with Gasteiger partial charge in [-0.3, -0.25) is 9.69 Å². The number of hydrogen-bond acceptors (Lipinski definition) is 5. The Kier molecular flexibility index (Phi) is 4.74. The van der Waals surface area contributed by atoms with Crippen LogP contribution >= 0.6 is 0 Å². The van der Waals surface area contributed by atoms with Crippen LogP contribution in [0, 0.1) is 5.92 Å². The van der Waals surface area contributed by atoms with Crippen LogP contribution in [-0.2, 0) is 4.79 Å². The van der Waals surface area contributed by atoms with Crippen LogP contribution in [0.15, 0.2) is 18.2 Å². The Morgan fingerprint density at radius 1 is 1.21 bits per heavy atom. The highest BCUT2D eigenvalue weighted by Crippen LogP contribution is 2.42. The molecule has 28 heavy (non-hydrogen) atoms. The van der Waals surface area contributed by atoms with Crippen molar-refractivity contribution >= 4 is 17.7 Å². The summed E-state index contributed by atoms with van der Waals surface area (Å²) in [7, 11) is 0. The molecule has 1 heterocycles. The minimum Gasteiger partial charge on any atom is -0.480 e. The van der Waals surface area contributed by atoms with E-state index in [1.807, 2.05) is 4.90 Å². The zero-order valence-electron chi connectivity index (χ0n) is 15.0. The monoisotopic (exact) mass is 397 g/mol. The average Bonchev–Trinajstić information content (AvgIpc) is 3.30. The zero-order valence-corrected chi connectivity index (χ0v) is 15.0. The Morgan fingerprint density at radius 3 is 2.61 bits per heavy atom. The highest BCUT2D eigenvalue weighted by Gasteiger charge is 2.43. The van der Waals surface area contributed by atoms with Crippen molar-refractivity contribution < 1.29 is 33.0 Å². The summed E-state index contributed by atoms with van der Waals surface area (Å²) in [6, 6.07) is 3.64. The summed E-state index contributed by atoms with van der Waals surface area (Å²) in [5.74, 6) is -0.487. The Hall–Kier alpha value is -2.62. The highest BCUT2D eigenvalue weighted by atomic mass is 19.3. The molecular formula is C18H21F2N3O5. The van der Waals surface area contributed by atoms with E-state index in [0.717, 1.165) is 19.4 Å². The smallest absolute Gasteiger partial charge is 0.480 e. The van der Waals surface area contributed by atoms with Gasteiger partial charge in [0.05, 0.1) is 6.54 Å². The number of alkyl halides is 2. The summed E-state index contributed by atoms with van der Waals surface area (Å²) < 4.78 is 34.7. The maximum atomic E-state index is 13.0. The SMILES string of the molecule is O=C(O)CN(CC1CC1)C1CC(NC(=O)Nc2ccc3c(c2)OC(F)(F)O3)C1. The summed E-state index contributed by atoms with van der Waals surface area (Å²) in [5, 5.41) is 14.5. The Balaban J connectivity index is 1.25. The molecule has 0 saturated heterocycles. The Morgan fingerprint density at radius 2 is 1.93 bits per heavy atom. The molecule has 152 valence electrons. The number of carboxylic acids is 1. The normalized spacial score (nSPS) is 24.5. The summed E-state index contributed by atoms with van der Waals surface area (Å²) in [6.07, 6.45) is -0.0449. The summed E-state index contributed by atoms with van der Waals surface area (Å²) in [6.45, 7) is 0.805. The van der Waals surface area contributed by atoms with Gasteiger partial charge in [0.15, 0.2) is 11.5 Å². The van der Waals surface area contributed by atoms with Crippen LogP contribution < -0.4 is 20.1 Å². The molecule has 3 N–H and O–H groups in total. The van der Waals surface area contributed by atoms with Crippen LogP contribution in [0.4, 0.5) is 19.3 Å². The van der Waals surface area contributed by atoms with E-state index < -0.39 is 18.3 Å². The number of urea groups is 1. The fourth-order valence-electron chi connectivity index (χ4n) is 3.53. The number of anilines is 1. The molecule has 0 atom stereocenters. The lowest BCUT2D eigenvalue weighted by Crippen LogP contribution is -2.55. The number of carboxylic acid groups (broad SMARTS) is 1. The number of carbonyl (C=O) groups is 2. The van der Waals surface area contributed by atoms with Gasteiger partial charge in [-0.15, -0.1) is 8.78 Å². The maximum Gasteiger partial charge on any atom is 0.586 e. The van der Waals surface area contributed by atoms with Crippen LogP contribution in [0.2, 0.25) is 0 Å². The number of fused-ring (bicyclic) bond motifs is 1. The topological polar surface area (TPSA) is 100 Å². The van der Waals surface area contributed by atoms with Crippen LogP contribution in [0.5, 0.6) is 11.5 Å². The first-order chi connectivity index (χ1) is 13.3. The van der Waals surface area contributed by atoms with Crippen LogP contribution in [-0.4, -0.2) is 53.5 Å². The van der Waals surface area contributed by atoms with Gasteiger partial charge in [-0.25, -0.2) is 4.79 Å². The second-order valence-electron chi connectivity index (χ2n) is 7.52. The first-order valence-electron chi connectivity index (χ1n) is 9.20. The number of nitrogens with one attached hydrogen (secondary N) is 2. The average molecular weight is 397 g/mol. The summed E-state index contributed by atoms with van der Waals surface area (Å²) in [4.78, 5) is 25.2. The van der Waals surface area contributed by atoms with Gasteiger partial charge < -0.3 is 25.2 Å². The van der Waals surface area contributed by atoms with E-state index in [1.54, 1.807) is 0 Å². The third kappa shape index (κ3) is 4.44. The van der Waals surface area contributed by atoms with Crippen molar-refractivity contribution in [1.29, 1.82) is 0 Å². The molecule has 0 unspecified atom stereocenters. The number of benzene rings is 1. The van der Waals surface area contributed by atoms with Gasteiger partial charge in [0, 0.05) is 30.4 Å². The van der Waals surface area contributed by atoms with Gasteiger partial charge in [0.2, 0.25) is 0 Å². The molecule has 2 fully saturated rings. The molecule has 3 aliphatic rings. The van der Waals surface area contributed by atoms with E-state index >= 15 is 0 Å². The van der Waals surface area contributed by atoms with Crippen molar-refractivity contribution in [2.24, 2.45) is 5.92 Å². The van der Waals surface area contributed by atoms with Crippen molar-refractivity contribution in [3.63, 3.8) is 0 Å².